The zero-order valence-electron chi connectivity index (χ0n) is 10.2. The van der Waals surface area contributed by atoms with Crippen LogP contribution in [0.25, 0.3) is 0 Å². The minimum absolute atomic E-state index is 0.178. The van der Waals surface area contributed by atoms with E-state index in [2.05, 4.69) is 10.4 Å². The summed E-state index contributed by atoms with van der Waals surface area (Å²) in [7, 11) is 1.79. The molecule has 0 aliphatic heterocycles. The highest BCUT2D eigenvalue weighted by atomic mass is 16.1. The number of para-hydroxylation sites is 1. The summed E-state index contributed by atoms with van der Waals surface area (Å²) in [5.41, 5.74) is 3.39. The molecule has 0 atom stereocenters. The molecule has 0 saturated carbocycles. The third-order valence-electron chi connectivity index (χ3n) is 2.67. The number of benzene rings is 1. The standard InChI is InChI=1S/C13H15N3O/c1-9-5-4-6-10(2)12(9)14-13(17)11-7-8-16(3)15-11/h4-8H,1-3H3,(H,14,17). The number of aryl methyl sites for hydroxylation is 3. The summed E-state index contributed by atoms with van der Waals surface area (Å²) in [4.78, 5) is 11.9. The maximum atomic E-state index is 11.9. The topological polar surface area (TPSA) is 46.9 Å². The second-order valence-electron chi connectivity index (χ2n) is 4.10. The molecule has 0 spiro atoms. The van der Waals surface area contributed by atoms with Crippen LogP contribution in [0.15, 0.2) is 30.5 Å². The maximum Gasteiger partial charge on any atom is 0.276 e. The van der Waals surface area contributed by atoms with E-state index in [-0.39, 0.29) is 5.91 Å². The predicted octanol–water partition coefficient (Wildman–Crippen LogP) is 2.29. The van der Waals surface area contributed by atoms with Crippen LogP contribution < -0.4 is 5.32 Å². The first-order chi connectivity index (χ1) is 8.08. The van der Waals surface area contributed by atoms with Crippen molar-refractivity contribution in [3.05, 3.63) is 47.3 Å². The van der Waals surface area contributed by atoms with E-state index in [1.54, 1.807) is 24.0 Å². The van der Waals surface area contributed by atoms with Crippen molar-refractivity contribution in [1.29, 1.82) is 0 Å². The SMILES string of the molecule is Cc1cccc(C)c1NC(=O)c1ccn(C)n1. The molecular formula is C13H15N3O. The molecule has 0 aliphatic carbocycles. The molecule has 1 amide bonds. The van der Waals surface area contributed by atoms with Gasteiger partial charge < -0.3 is 5.32 Å². The van der Waals surface area contributed by atoms with E-state index < -0.39 is 0 Å². The molecule has 88 valence electrons. The first-order valence-electron chi connectivity index (χ1n) is 5.45. The smallest absolute Gasteiger partial charge is 0.276 e. The highest BCUT2D eigenvalue weighted by molar-refractivity contribution is 6.03. The van der Waals surface area contributed by atoms with E-state index in [1.807, 2.05) is 32.0 Å². The number of anilines is 1. The number of hydrogen-bond acceptors (Lipinski definition) is 2. The molecule has 0 aliphatic rings. The first-order valence-corrected chi connectivity index (χ1v) is 5.45. The molecule has 0 fully saturated rings. The Morgan fingerprint density at radius 3 is 2.41 bits per heavy atom. The average molecular weight is 229 g/mol. The Balaban J connectivity index is 2.24. The van der Waals surface area contributed by atoms with Gasteiger partial charge in [-0.25, -0.2) is 0 Å². The number of carbonyl (C=O) groups is 1. The van der Waals surface area contributed by atoms with Crippen molar-refractivity contribution >= 4 is 11.6 Å². The summed E-state index contributed by atoms with van der Waals surface area (Å²) in [6, 6.07) is 7.62. The third-order valence-corrected chi connectivity index (χ3v) is 2.67. The minimum Gasteiger partial charge on any atom is -0.320 e. The van der Waals surface area contributed by atoms with Crippen LogP contribution in [0.1, 0.15) is 21.6 Å². The van der Waals surface area contributed by atoms with E-state index in [0.717, 1.165) is 16.8 Å². The van der Waals surface area contributed by atoms with E-state index in [0.29, 0.717) is 5.69 Å². The summed E-state index contributed by atoms with van der Waals surface area (Å²) in [5.74, 6) is -0.178. The van der Waals surface area contributed by atoms with Crippen LogP contribution in [-0.2, 0) is 7.05 Å². The number of aromatic nitrogens is 2. The van der Waals surface area contributed by atoms with Crippen LogP contribution in [0, 0.1) is 13.8 Å². The molecule has 17 heavy (non-hydrogen) atoms. The number of carbonyl (C=O) groups excluding carboxylic acids is 1. The van der Waals surface area contributed by atoms with Crippen LogP contribution >= 0.6 is 0 Å². The fraction of sp³-hybridized carbons (Fsp3) is 0.231. The van der Waals surface area contributed by atoms with Crippen LogP contribution in [0.4, 0.5) is 5.69 Å². The highest BCUT2D eigenvalue weighted by Crippen LogP contribution is 2.19. The Morgan fingerprint density at radius 1 is 1.24 bits per heavy atom. The zero-order valence-corrected chi connectivity index (χ0v) is 10.2. The van der Waals surface area contributed by atoms with Crippen molar-refractivity contribution in [1.82, 2.24) is 9.78 Å². The summed E-state index contributed by atoms with van der Waals surface area (Å²) in [6.45, 7) is 3.95. The number of hydrogen-bond donors (Lipinski definition) is 1. The molecule has 0 radical (unpaired) electrons. The van der Waals surface area contributed by atoms with Gasteiger partial charge in [0.05, 0.1) is 0 Å². The van der Waals surface area contributed by atoms with E-state index in [1.165, 1.54) is 0 Å². The minimum atomic E-state index is -0.178. The zero-order chi connectivity index (χ0) is 12.4. The van der Waals surface area contributed by atoms with Gasteiger partial charge in [-0.05, 0) is 31.0 Å². The number of amides is 1. The number of nitrogens with zero attached hydrogens (tertiary/aromatic N) is 2. The lowest BCUT2D eigenvalue weighted by Crippen LogP contribution is -2.14. The molecule has 4 nitrogen and oxygen atoms in total. The summed E-state index contributed by atoms with van der Waals surface area (Å²) in [5, 5.41) is 6.96. The van der Waals surface area contributed by atoms with E-state index in [4.69, 9.17) is 0 Å². The summed E-state index contributed by atoms with van der Waals surface area (Å²) in [6.07, 6.45) is 1.75. The third kappa shape index (κ3) is 2.36. The van der Waals surface area contributed by atoms with Crippen molar-refractivity contribution in [2.45, 2.75) is 13.8 Å². The number of nitrogens with one attached hydrogen (secondary N) is 1. The van der Waals surface area contributed by atoms with Crippen molar-refractivity contribution in [2.75, 3.05) is 5.32 Å². The first kappa shape index (κ1) is 11.4. The molecule has 0 unspecified atom stereocenters. The van der Waals surface area contributed by atoms with Crippen molar-refractivity contribution < 1.29 is 4.79 Å². The second kappa shape index (κ2) is 4.41. The second-order valence-corrected chi connectivity index (χ2v) is 4.10. The average Bonchev–Trinajstić information content (AvgIpc) is 2.70. The fourth-order valence-electron chi connectivity index (χ4n) is 1.73. The molecule has 0 saturated heterocycles. The van der Waals surface area contributed by atoms with Crippen molar-refractivity contribution in [3.63, 3.8) is 0 Å². The van der Waals surface area contributed by atoms with Gasteiger partial charge in [-0.15, -0.1) is 0 Å². The Labute approximate surface area is 100 Å². The van der Waals surface area contributed by atoms with Crippen molar-refractivity contribution in [2.24, 2.45) is 7.05 Å². The van der Waals surface area contributed by atoms with Gasteiger partial charge in [0.15, 0.2) is 5.69 Å². The quantitative estimate of drug-likeness (QED) is 0.858. The van der Waals surface area contributed by atoms with Gasteiger partial charge in [-0.1, -0.05) is 18.2 Å². The Morgan fingerprint density at radius 2 is 1.88 bits per heavy atom. The predicted molar refractivity (Wildman–Crippen MR) is 67.1 cm³/mol. The van der Waals surface area contributed by atoms with Gasteiger partial charge in [-0.3, -0.25) is 9.48 Å². The molecule has 1 N–H and O–H groups in total. The lowest BCUT2D eigenvalue weighted by atomic mass is 10.1. The Bertz CT molecular complexity index is 537. The monoisotopic (exact) mass is 229 g/mol. The fourth-order valence-corrected chi connectivity index (χ4v) is 1.73. The lowest BCUT2D eigenvalue weighted by Gasteiger charge is -2.10. The highest BCUT2D eigenvalue weighted by Gasteiger charge is 2.11. The number of rotatable bonds is 2. The molecule has 2 rings (SSSR count). The molecular weight excluding hydrogens is 214 g/mol. The molecule has 1 heterocycles. The van der Waals surface area contributed by atoms with Crippen LogP contribution in [0.5, 0.6) is 0 Å². The van der Waals surface area contributed by atoms with Gasteiger partial charge in [0.25, 0.3) is 5.91 Å². The maximum absolute atomic E-state index is 11.9. The Hall–Kier alpha value is -2.10. The molecule has 1 aromatic heterocycles. The Kier molecular flexibility index (Phi) is 2.95. The largest absolute Gasteiger partial charge is 0.320 e. The summed E-state index contributed by atoms with van der Waals surface area (Å²) < 4.78 is 1.61. The molecule has 1 aromatic carbocycles. The van der Waals surface area contributed by atoms with Gasteiger partial charge in [0.2, 0.25) is 0 Å². The van der Waals surface area contributed by atoms with Crippen LogP contribution in [-0.4, -0.2) is 15.7 Å². The van der Waals surface area contributed by atoms with Gasteiger partial charge in [0.1, 0.15) is 0 Å². The van der Waals surface area contributed by atoms with Gasteiger partial charge in [0, 0.05) is 18.9 Å². The van der Waals surface area contributed by atoms with Crippen molar-refractivity contribution in [3.8, 4) is 0 Å². The van der Waals surface area contributed by atoms with Gasteiger partial charge >= 0.3 is 0 Å². The molecule has 2 aromatic rings. The van der Waals surface area contributed by atoms with Gasteiger partial charge in [-0.2, -0.15) is 5.10 Å². The molecule has 4 heteroatoms. The van der Waals surface area contributed by atoms with E-state index >= 15 is 0 Å². The summed E-state index contributed by atoms with van der Waals surface area (Å²) >= 11 is 0. The van der Waals surface area contributed by atoms with Crippen LogP contribution in [0.3, 0.4) is 0 Å². The molecule has 0 bridgehead atoms. The lowest BCUT2D eigenvalue weighted by molar-refractivity contribution is 0.102. The van der Waals surface area contributed by atoms with Crippen LogP contribution in [0.2, 0.25) is 0 Å². The normalized spacial score (nSPS) is 10.3. The van der Waals surface area contributed by atoms with E-state index in [9.17, 15) is 4.79 Å².